The standard InChI is InChI=1S/C11H9ClN2O4/c1-18-11(15)4-8-7(6-13)2-3-10(14(16)17)9(8)5-12/h2-3H,4-5H2,1H3. The minimum absolute atomic E-state index is 0.155. The molecule has 0 N–H and O–H groups in total. The van der Waals surface area contributed by atoms with Gasteiger partial charge < -0.3 is 4.74 Å². The van der Waals surface area contributed by atoms with Crippen molar-refractivity contribution >= 4 is 23.3 Å². The average Bonchev–Trinajstić information content (AvgIpc) is 2.37. The Bertz CT molecular complexity index is 537. The van der Waals surface area contributed by atoms with Crippen molar-refractivity contribution in [3.63, 3.8) is 0 Å². The van der Waals surface area contributed by atoms with Gasteiger partial charge in [-0.05, 0) is 11.6 Å². The van der Waals surface area contributed by atoms with E-state index in [9.17, 15) is 14.9 Å². The molecule has 0 aliphatic rings. The molecule has 0 unspecified atom stereocenters. The van der Waals surface area contributed by atoms with Gasteiger partial charge in [0.25, 0.3) is 5.69 Å². The highest BCUT2D eigenvalue weighted by atomic mass is 35.5. The number of ether oxygens (including phenoxy) is 1. The van der Waals surface area contributed by atoms with Crippen LogP contribution in [-0.2, 0) is 21.8 Å². The Labute approximate surface area is 108 Å². The molecule has 18 heavy (non-hydrogen) atoms. The average molecular weight is 269 g/mol. The van der Waals surface area contributed by atoms with Crippen LogP contribution in [0.1, 0.15) is 16.7 Å². The van der Waals surface area contributed by atoms with E-state index in [2.05, 4.69) is 4.74 Å². The minimum atomic E-state index is -0.598. The van der Waals surface area contributed by atoms with Gasteiger partial charge in [0.1, 0.15) is 0 Å². The Morgan fingerprint density at radius 1 is 1.56 bits per heavy atom. The van der Waals surface area contributed by atoms with Crippen LogP contribution in [0.25, 0.3) is 0 Å². The van der Waals surface area contributed by atoms with Gasteiger partial charge in [0.05, 0.1) is 36.0 Å². The third-order valence-corrected chi connectivity index (χ3v) is 2.67. The van der Waals surface area contributed by atoms with Crippen molar-refractivity contribution in [3.8, 4) is 6.07 Å². The molecule has 0 saturated heterocycles. The van der Waals surface area contributed by atoms with Crippen molar-refractivity contribution in [2.45, 2.75) is 12.3 Å². The monoisotopic (exact) mass is 268 g/mol. The maximum Gasteiger partial charge on any atom is 0.310 e. The molecule has 0 atom stereocenters. The summed E-state index contributed by atoms with van der Waals surface area (Å²) in [6.45, 7) is 0. The number of hydrogen-bond donors (Lipinski definition) is 0. The Morgan fingerprint density at radius 3 is 2.67 bits per heavy atom. The van der Waals surface area contributed by atoms with Crippen molar-refractivity contribution in [1.82, 2.24) is 0 Å². The van der Waals surface area contributed by atoms with E-state index in [4.69, 9.17) is 16.9 Å². The maximum atomic E-state index is 11.3. The molecule has 0 fully saturated rings. The zero-order chi connectivity index (χ0) is 13.7. The van der Waals surface area contributed by atoms with Gasteiger partial charge in [-0.1, -0.05) is 0 Å². The van der Waals surface area contributed by atoms with Crippen LogP contribution in [0.4, 0.5) is 5.69 Å². The number of nitro benzene ring substituents is 1. The molecule has 0 heterocycles. The minimum Gasteiger partial charge on any atom is -0.469 e. The van der Waals surface area contributed by atoms with Gasteiger partial charge in [-0.15, -0.1) is 11.6 Å². The van der Waals surface area contributed by atoms with Gasteiger partial charge in [0.15, 0.2) is 0 Å². The van der Waals surface area contributed by atoms with E-state index >= 15 is 0 Å². The second-order valence-corrected chi connectivity index (χ2v) is 3.61. The third kappa shape index (κ3) is 2.76. The van der Waals surface area contributed by atoms with Crippen molar-refractivity contribution in [2.24, 2.45) is 0 Å². The molecule has 0 spiro atoms. The van der Waals surface area contributed by atoms with Crippen LogP contribution in [0.5, 0.6) is 0 Å². The van der Waals surface area contributed by atoms with Gasteiger partial charge in [0, 0.05) is 11.6 Å². The lowest BCUT2D eigenvalue weighted by molar-refractivity contribution is -0.385. The lowest BCUT2D eigenvalue weighted by Gasteiger charge is -2.08. The SMILES string of the molecule is COC(=O)Cc1c(C#N)ccc([N+](=O)[O-])c1CCl. The number of methoxy groups -OCH3 is 1. The first-order valence-electron chi connectivity index (χ1n) is 4.87. The number of esters is 1. The summed E-state index contributed by atoms with van der Waals surface area (Å²) < 4.78 is 4.49. The van der Waals surface area contributed by atoms with E-state index in [0.29, 0.717) is 0 Å². The predicted octanol–water partition coefficient (Wildman–Crippen LogP) is 1.92. The highest BCUT2D eigenvalue weighted by Crippen LogP contribution is 2.27. The fourth-order valence-corrected chi connectivity index (χ4v) is 1.82. The molecule has 6 nitrogen and oxygen atoms in total. The lowest BCUT2D eigenvalue weighted by Crippen LogP contribution is -2.10. The van der Waals surface area contributed by atoms with Crippen LogP contribution in [0.3, 0.4) is 0 Å². The number of benzene rings is 1. The van der Waals surface area contributed by atoms with E-state index in [1.807, 2.05) is 6.07 Å². The molecule has 1 aromatic carbocycles. The van der Waals surface area contributed by atoms with Crippen LogP contribution in [0, 0.1) is 21.4 Å². The second-order valence-electron chi connectivity index (χ2n) is 3.34. The summed E-state index contributed by atoms with van der Waals surface area (Å²) in [5, 5.41) is 19.8. The van der Waals surface area contributed by atoms with Crippen LogP contribution in [0.15, 0.2) is 12.1 Å². The normalized spacial score (nSPS) is 9.61. The molecule has 0 radical (unpaired) electrons. The molecule has 94 valence electrons. The van der Waals surface area contributed by atoms with Gasteiger partial charge in [-0.2, -0.15) is 5.26 Å². The number of carbonyl (C=O) groups is 1. The fourth-order valence-electron chi connectivity index (χ4n) is 1.52. The van der Waals surface area contributed by atoms with E-state index < -0.39 is 10.9 Å². The van der Waals surface area contributed by atoms with Gasteiger partial charge in [-0.3, -0.25) is 14.9 Å². The molecule has 0 amide bonds. The molecule has 0 bridgehead atoms. The van der Waals surface area contributed by atoms with Crippen LogP contribution < -0.4 is 0 Å². The molecule has 0 aliphatic carbocycles. The summed E-state index contributed by atoms with van der Waals surface area (Å²) in [6.07, 6.45) is -0.219. The fraction of sp³-hybridized carbons (Fsp3) is 0.273. The summed E-state index contributed by atoms with van der Waals surface area (Å²) >= 11 is 5.67. The summed E-state index contributed by atoms with van der Waals surface area (Å²) in [5.41, 5.74) is 0.393. The van der Waals surface area contributed by atoms with Crippen LogP contribution >= 0.6 is 11.6 Å². The summed E-state index contributed by atoms with van der Waals surface area (Å²) in [6, 6.07) is 4.38. The van der Waals surface area contributed by atoms with Crippen molar-refractivity contribution in [3.05, 3.63) is 38.9 Å². The Morgan fingerprint density at radius 2 is 2.22 bits per heavy atom. The highest BCUT2D eigenvalue weighted by molar-refractivity contribution is 6.17. The predicted molar refractivity (Wildman–Crippen MR) is 63.1 cm³/mol. The first-order valence-corrected chi connectivity index (χ1v) is 5.40. The van der Waals surface area contributed by atoms with E-state index in [1.165, 1.54) is 19.2 Å². The van der Waals surface area contributed by atoms with Crippen molar-refractivity contribution < 1.29 is 14.5 Å². The number of alkyl halides is 1. The Balaban J connectivity index is 3.42. The smallest absolute Gasteiger partial charge is 0.310 e. The topological polar surface area (TPSA) is 93.2 Å². The zero-order valence-corrected chi connectivity index (χ0v) is 10.2. The van der Waals surface area contributed by atoms with E-state index in [-0.39, 0.29) is 34.7 Å². The van der Waals surface area contributed by atoms with Crippen LogP contribution in [0.2, 0.25) is 0 Å². The zero-order valence-electron chi connectivity index (χ0n) is 9.47. The first-order chi connectivity index (χ1) is 8.54. The lowest BCUT2D eigenvalue weighted by atomic mass is 9.98. The van der Waals surface area contributed by atoms with E-state index in [0.717, 1.165) is 0 Å². The largest absolute Gasteiger partial charge is 0.469 e. The molecular formula is C11H9ClN2O4. The van der Waals surface area contributed by atoms with Gasteiger partial charge in [-0.25, -0.2) is 0 Å². The van der Waals surface area contributed by atoms with Crippen molar-refractivity contribution in [2.75, 3.05) is 7.11 Å². The molecule has 0 aromatic heterocycles. The number of nitro groups is 1. The number of nitriles is 1. The highest BCUT2D eigenvalue weighted by Gasteiger charge is 2.21. The first kappa shape index (κ1) is 13.9. The number of carbonyl (C=O) groups excluding carboxylic acids is 1. The molecule has 1 rings (SSSR count). The summed E-state index contributed by atoms with van der Waals surface area (Å²) in [5.74, 6) is -0.739. The molecule has 1 aromatic rings. The van der Waals surface area contributed by atoms with Crippen molar-refractivity contribution in [1.29, 1.82) is 5.26 Å². The van der Waals surface area contributed by atoms with Crippen LogP contribution in [-0.4, -0.2) is 18.0 Å². The van der Waals surface area contributed by atoms with E-state index in [1.54, 1.807) is 0 Å². The van der Waals surface area contributed by atoms with Gasteiger partial charge >= 0.3 is 5.97 Å². The third-order valence-electron chi connectivity index (χ3n) is 2.41. The number of nitrogens with zero attached hydrogens (tertiary/aromatic N) is 2. The number of halogens is 1. The number of rotatable bonds is 4. The quantitative estimate of drug-likeness (QED) is 0.360. The second kappa shape index (κ2) is 5.98. The molecular weight excluding hydrogens is 260 g/mol. The summed E-state index contributed by atoms with van der Waals surface area (Å²) in [7, 11) is 1.20. The maximum absolute atomic E-state index is 11.3. The Hall–Kier alpha value is -2.13. The molecule has 0 aliphatic heterocycles. The summed E-state index contributed by atoms with van der Waals surface area (Å²) in [4.78, 5) is 21.5. The molecule has 7 heteroatoms. The Kier molecular flexibility index (Phi) is 4.63. The molecule has 0 saturated carbocycles. The van der Waals surface area contributed by atoms with Gasteiger partial charge in [0.2, 0.25) is 0 Å². The number of hydrogen-bond acceptors (Lipinski definition) is 5.